The molecule has 0 aromatic carbocycles. The van der Waals surface area contributed by atoms with Crippen molar-refractivity contribution in [2.45, 2.75) is 191 Å². The van der Waals surface area contributed by atoms with Crippen LogP contribution in [0.25, 0.3) is 0 Å². The summed E-state index contributed by atoms with van der Waals surface area (Å²) in [6.07, 6.45) is -55.3. The van der Waals surface area contributed by atoms with Crippen LogP contribution >= 0.6 is 0 Å². The van der Waals surface area contributed by atoms with Crippen LogP contribution in [-0.2, 0) is 61.6 Å². The number of ether oxygens (including phenoxy) is 13. The Balaban J connectivity index is 1.22. The molecule has 69 heavy (non-hydrogen) atoms. The number of aliphatic hydroxyl groups excluding tert-OH is 17. The first kappa shape index (κ1) is 55.0. The summed E-state index contributed by atoms with van der Waals surface area (Å²) in [7, 11) is 0. The van der Waals surface area contributed by atoms with E-state index in [1.54, 1.807) is 0 Å². The highest BCUT2D eigenvalue weighted by atomic mass is 16.8. The van der Waals surface area contributed by atoms with Crippen molar-refractivity contribution in [1.29, 1.82) is 0 Å². The smallest absolute Gasteiger partial charge is 0.188 e. The van der Waals surface area contributed by atoms with Gasteiger partial charge < -0.3 is 148 Å². The predicted octanol–water partition coefficient (Wildman–Crippen LogP) is -12.0. The van der Waals surface area contributed by atoms with Crippen molar-refractivity contribution in [3.05, 3.63) is 0 Å². The highest BCUT2D eigenvalue weighted by molar-refractivity contribution is 5.02. The van der Waals surface area contributed by atoms with E-state index in [2.05, 4.69) is 12.0 Å². The van der Waals surface area contributed by atoms with Crippen LogP contribution in [0.2, 0.25) is 0 Å². The second-order valence-electron chi connectivity index (χ2n) is 17.3. The average molecular weight is 1010 g/mol. The molecule has 22 aliphatic rings. The summed E-state index contributed by atoms with van der Waals surface area (Å²) < 4.78 is 74.4. The molecule has 22 heterocycles. The molecule has 30 atom stereocenters. The summed E-state index contributed by atoms with van der Waals surface area (Å²) in [5, 5.41) is 186. The second kappa shape index (κ2) is 23.6. The largest absolute Gasteiger partial charge is 0.437 e. The first-order valence-electron chi connectivity index (χ1n) is 22.0. The third-order valence-corrected chi connectivity index (χ3v) is 12.9. The van der Waals surface area contributed by atoms with Crippen LogP contribution in [0.3, 0.4) is 0 Å². The van der Waals surface area contributed by atoms with Crippen molar-refractivity contribution in [1.82, 2.24) is 0 Å². The van der Waals surface area contributed by atoms with Gasteiger partial charge in [-0.2, -0.15) is 0 Å². The minimum atomic E-state index is -2.15. The maximum Gasteiger partial charge on any atom is 0.188 e. The maximum atomic E-state index is 11.6. The van der Waals surface area contributed by atoms with Crippen molar-refractivity contribution in [3.8, 4) is 12.0 Å². The number of rotatable bonds is 7. The van der Waals surface area contributed by atoms with Crippen molar-refractivity contribution in [3.63, 3.8) is 0 Å². The van der Waals surface area contributed by atoms with E-state index in [1.807, 2.05) is 0 Å². The highest BCUT2D eigenvalue weighted by Gasteiger charge is 2.59. The monoisotopic (exact) mass is 1010 g/mol. The molecule has 30 heteroatoms. The number of hydrogen-bond donors (Lipinski definition) is 17. The van der Waals surface area contributed by atoms with Gasteiger partial charge in [-0.25, -0.2) is 0 Å². The van der Waals surface area contributed by atoms with Crippen LogP contribution in [0.4, 0.5) is 0 Å². The summed E-state index contributed by atoms with van der Waals surface area (Å²) in [5.41, 5.74) is 0. The number of hydrogen-bond acceptors (Lipinski definition) is 30. The lowest BCUT2D eigenvalue weighted by Gasteiger charge is -2.50. The van der Waals surface area contributed by atoms with Crippen LogP contribution in [0.1, 0.15) is 6.92 Å². The number of aliphatic hydroxyl groups is 17. The van der Waals surface area contributed by atoms with E-state index in [0.29, 0.717) is 0 Å². The lowest BCUT2D eigenvalue weighted by molar-refractivity contribution is -0.403. The molecule has 0 aliphatic carbocycles. The first-order valence-corrected chi connectivity index (χ1v) is 22.0. The molecule has 0 aromatic rings. The van der Waals surface area contributed by atoms with E-state index >= 15 is 0 Å². The lowest BCUT2D eigenvalue weighted by Crippen LogP contribution is -2.69. The Kier molecular flexibility index (Phi) is 18.8. The van der Waals surface area contributed by atoms with Gasteiger partial charge in [-0.15, -0.1) is 0 Å². The van der Waals surface area contributed by atoms with E-state index in [0.717, 1.165) is 0 Å². The highest BCUT2D eigenvalue weighted by Crippen LogP contribution is 2.38. The van der Waals surface area contributed by atoms with Crippen molar-refractivity contribution < 1.29 is 148 Å². The van der Waals surface area contributed by atoms with Gasteiger partial charge in [0.05, 0.1) is 39.6 Å². The van der Waals surface area contributed by atoms with Gasteiger partial charge >= 0.3 is 0 Å². The molecule has 30 nitrogen and oxygen atoms in total. The van der Waals surface area contributed by atoms with Gasteiger partial charge in [-0.1, -0.05) is 5.92 Å². The molecule has 22 rings (SSSR count). The van der Waals surface area contributed by atoms with E-state index in [1.165, 1.54) is 6.92 Å². The standard InChI is InChI=1S/C39H62O30/c1-2-3-57-33-26(56)39-63-15(9-45)32(33)69-38-25(55)20(50)30(13(7-43)62-38)67-36-23(53)18(48)28(11(5-41)60-36)65-34-21(51)16(46)27(10(4-40)58-34)64-35-22(52)17(47)29(12(6-42)59-35)66-37-24(54)19(49)31(68-39)14(8-44)61-37/h10-56H,4-9H2,1H3/t10-,11-,12-,13-,14-,15-,16-,17-,18-,19-,20-,21-,22-,23-,24-,25-,26-,27-,28-,29-,30-,31-,32+,33-,34-,35-,36-,37-,38-,39-/m1/s1. The third kappa shape index (κ3) is 10.9. The van der Waals surface area contributed by atoms with Crippen molar-refractivity contribution >= 4 is 0 Å². The second-order valence-corrected chi connectivity index (χ2v) is 17.3. The summed E-state index contributed by atoms with van der Waals surface area (Å²) in [4.78, 5) is 0. The van der Waals surface area contributed by atoms with Gasteiger partial charge in [-0.05, 0) is 0 Å². The molecular formula is C39H62O30. The molecule has 22 aliphatic heterocycles. The molecule has 22 fully saturated rings. The molecule has 0 unspecified atom stereocenters. The van der Waals surface area contributed by atoms with E-state index in [9.17, 15) is 86.8 Å². The van der Waals surface area contributed by atoms with Gasteiger partial charge in [0.2, 0.25) is 0 Å². The normalized spacial score (nSPS) is 53.2. The topological polar surface area (TPSA) is 464 Å². The Morgan fingerprint density at radius 3 is 0.710 bits per heavy atom. The zero-order valence-corrected chi connectivity index (χ0v) is 36.5. The summed E-state index contributed by atoms with van der Waals surface area (Å²) in [6.45, 7) is -4.56. The molecular weight excluding hydrogens is 948 g/mol. The molecule has 17 N–H and O–H groups in total. The molecule has 22 saturated heterocycles. The van der Waals surface area contributed by atoms with E-state index < -0.39 is 224 Å². The van der Waals surface area contributed by atoms with Crippen LogP contribution in [-0.4, -0.2) is 311 Å². The Hall–Kier alpha value is -1.80. The molecule has 0 amide bonds. The van der Waals surface area contributed by atoms with E-state index in [4.69, 9.17) is 61.6 Å². The fourth-order valence-corrected chi connectivity index (χ4v) is 9.17. The van der Waals surface area contributed by atoms with Gasteiger partial charge in [0.25, 0.3) is 0 Å². The zero-order chi connectivity index (χ0) is 50.2. The van der Waals surface area contributed by atoms with Crippen LogP contribution < -0.4 is 0 Å². The minimum absolute atomic E-state index is 0.955. The summed E-state index contributed by atoms with van der Waals surface area (Å²) >= 11 is 0. The van der Waals surface area contributed by atoms with E-state index in [-0.39, 0.29) is 0 Å². The maximum absolute atomic E-state index is 11.6. The molecule has 0 saturated carbocycles. The van der Waals surface area contributed by atoms with Gasteiger partial charge in [0.1, 0.15) is 146 Å². The van der Waals surface area contributed by atoms with Gasteiger partial charge in [0, 0.05) is 6.92 Å². The van der Waals surface area contributed by atoms with Gasteiger partial charge in [0.15, 0.2) is 43.8 Å². The van der Waals surface area contributed by atoms with Crippen LogP contribution in [0, 0.1) is 12.0 Å². The Bertz CT molecular complexity index is 1660. The van der Waals surface area contributed by atoms with Gasteiger partial charge in [-0.3, -0.25) is 0 Å². The Labute approximate surface area is 391 Å². The molecule has 0 spiro atoms. The van der Waals surface area contributed by atoms with Crippen molar-refractivity contribution in [2.24, 2.45) is 0 Å². The minimum Gasteiger partial charge on any atom is -0.437 e. The average Bonchev–Trinajstić information content (AvgIpc) is 3.34. The quantitative estimate of drug-likeness (QED) is 0.105. The predicted molar refractivity (Wildman–Crippen MR) is 208 cm³/mol. The molecule has 0 radical (unpaired) electrons. The molecule has 12 bridgehead atoms. The first-order chi connectivity index (χ1) is 33.0. The Morgan fingerprint density at radius 2 is 0.493 bits per heavy atom. The summed E-state index contributed by atoms with van der Waals surface area (Å²) in [5.74, 6) is 2.43. The summed E-state index contributed by atoms with van der Waals surface area (Å²) in [6, 6.07) is 0. The fraction of sp³-hybridized carbons (Fsp3) is 0.949. The lowest BCUT2D eigenvalue weighted by atomic mass is 9.94. The van der Waals surface area contributed by atoms with Crippen molar-refractivity contribution in [2.75, 3.05) is 39.6 Å². The van der Waals surface area contributed by atoms with Crippen LogP contribution in [0.5, 0.6) is 0 Å². The molecule has 0 aromatic heterocycles. The fourth-order valence-electron chi connectivity index (χ4n) is 9.17. The zero-order valence-electron chi connectivity index (χ0n) is 36.5. The SMILES string of the molecule is CC#CO[C@@H]1[C@@H](O)[C@H]2O[C@H]3[C@H](O)[C@@H](O)[C@@H](O[C@H]4[C@H](O)[C@@H](O)[C@@H](O[C@H]5[C@H](O)[C@@H](O)[C@@H](O[C@H]6[C@H](O)[C@@H](O)[C@@H](O[C@H]7[C@H](O)[C@@H](O)[C@@H](O[C@H]1[C@@H](CO)O2)O[C@@H]7CO)O[C@@H]6CO)O[C@@H]5CO)O[C@@H]4CO)O[C@@H]3CO. The molecule has 398 valence electrons. The Morgan fingerprint density at radius 1 is 0.290 bits per heavy atom. The third-order valence-electron chi connectivity index (χ3n) is 12.9. The van der Waals surface area contributed by atoms with Crippen LogP contribution in [0.15, 0.2) is 0 Å².